The predicted octanol–water partition coefficient (Wildman–Crippen LogP) is 5.73. The van der Waals surface area contributed by atoms with Crippen LogP contribution in [0, 0.1) is 0 Å². The van der Waals surface area contributed by atoms with Gasteiger partial charge in [0.25, 0.3) is 0 Å². The molecule has 0 aliphatic carbocycles. The van der Waals surface area contributed by atoms with E-state index < -0.39 is 0 Å². The molecule has 0 saturated heterocycles. The molecule has 1 N–H and O–H groups in total. The second-order valence-corrected chi connectivity index (χ2v) is 6.18. The normalized spacial score (nSPS) is 10.7. The highest BCUT2D eigenvalue weighted by Crippen LogP contribution is 2.17. The van der Waals surface area contributed by atoms with Crippen LogP contribution in [0.1, 0.15) is 11.1 Å². The number of rotatable bonds is 5. The largest absolute Gasteiger partial charge is 0.326 e. The fourth-order valence-electron chi connectivity index (χ4n) is 2.55. The third-order valence-electron chi connectivity index (χ3n) is 3.83. The minimum atomic E-state index is -0.196. The highest BCUT2D eigenvalue weighted by molar-refractivity contribution is 6.30. The lowest BCUT2D eigenvalue weighted by atomic mass is 10.2. The first-order valence-electron chi connectivity index (χ1n) is 8.31. The minimum Gasteiger partial charge on any atom is -0.314 e. The topological polar surface area (TPSA) is 32.3 Å². The lowest BCUT2D eigenvalue weighted by molar-refractivity contribution is 0.249. The van der Waals surface area contributed by atoms with Crippen molar-refractivity contribution >= 4 is 29.4 Å². The van der Waals surface area contributed by atoms with Gasteiger partial charge in [0.1, 0.15) is 0 Å². The van der Waals surface area contributed by atoms with Gasteiger partial charge in [-0.3, -0.25) is 4.90 Å². The zero-order valence-corrected chi connectivity index (χ0v) is 14.9. The Morgan fingerprint density at radius 3 is 2.31 bits per heavy atom. The Balaban J connectivity index is 1.74. The first-order chi connectivity index (χ1) is 12.7. The molecule has 26 heavy (non-hydrogen) atoms. The van der Waals surface area contributed by atoms with Gasteiger partial charge in [-0.1, -0.05) is 72.3 Å². The number of carbonyl (C=O) groups excluding carboxylic acids is 1. The van der Waals surface area contributed by atoms with E-state index in [9.17, 15) is 4.79 Å². The van der Waals surface area contributed by atoms with Gasteiger partial charge in [-0.05, 0) is 41.5 Å². The Bertz CT molecular complexity index is 879. The Labute approximate surface area is 158 Å². The number of carbonyl (C=O) groups is 1. The number of hydrogen-bond donors (Lipinski definition) is 1. The van der Waals surface area contributed by atoms with Crippen LogP contribution in [-0.2, 0) is 6.54 Å². The standard InChI is InChI=1S/C22H19ClN2O/c23-20-11-7-10-18(16-20)14-15-24-22(26)25(21-12-5-2-6-13-21)17-19-8-3-1-4-9-19/h1-16H,17H2,(H,24,26)/b15-14+. The van der Waals surface area contributed by atoms with Crippen LogP contribution >= 0.6 is 11.6 Å². The van der Waals surface area contributed by atoms with Crippen molar-refractivity contribution in [1.82, 2.24) is 5.32 Å². The van der Waals surface area contributed by atoms with Crippen molar-refractivity contribution in [2.24, 2.45) is 0 Å². The summed E-state index contributed by atoms with van der Waals surface area (Å²) in [6.07, 6.45) is 3.45. The number of amides is 2. The first kappa shape index (κ1) is 17.8. The van der Waals surface area contributed by atoms with Crippen molar-refractivity contribution in [2.75, 3.05) is 4.90 Å². The van der Waals surface area contributed by atoms with E-state index in [2.05, 4.69) is 5.32 Å². The molecular weight excluding hydrogens is 344 g/mol. The Hall–Kier alpha value is -3.04. The van der Waals surface area contributed by atoms with Gasteiger partial charge in [0.05, 0.1) is 6.54 Å². The maximum absolute atomic E-state index is 12.7. The number of nitrogens with one attached hydrogen (secondary N) is 1. The maximum atomic E-state index is 12.7. The predicted molar refractivity (Wildman–Crippen MR) is 108 cm³/mol. The van der Waals surface area contributed by atoms with Gasteiger partial charge in [-0.2, -0.15) is 0 Å². The van der Waals surface area contributed by atoms with Gasteiger partial charge in [-0.25, -0.2) is 4.79 Å². The molecule has 0 saturated carbocycles. The number of para-hydroxylation sites is 1. The number of urea groups is 1. The fourth-order valence-corrected chi connectivity index (χ4v) is 2.75. The van der Waals surface area contributed by atoms with E-state index in [0.29, 0.717) is 11.6 Å². The SMILES string of the molecule is O=C(N/C=C/c1cccc(Cl)c1)N(Cc1ccccc1)c1ccccc1. The summed E-state index contributed by atoms with van der Waals surface area (Å²) in [6, 6.07) is 26.8. The molecule has 0 aliphatic heterocycles. The zero-order chi connectivity index (χ0) is 18.2. The van der Waals surface area contributed by atoms with Gasteiger partial charge < -0.3 is 5.32 Å². The van der Waals surface area contributed by atoms with E-state index in [1.54, 1.807) is 11.1 Å². The van der Waals surface area contributed by atoms with Gasteiger partial charge >= 0.3 is 6.03 Å². The van der Waals surface area contributed by atoms with Crippen LogP contribution in [0.15, 0.2) is 91.1 Å². The minimum absolute atomic E-state index is 0.196. The van der Waals surface area contributed by atoms with E-state index in [-0.39, 0.29) is 6.03 Å². The van der Waals surface area contributed by atoms with Gasteiger partial charge in [0, 0.05) is 16.9 Å². The smallest absolute Gasteiger partial charge is 0.314 e. The third-order valence-corrected chi connectivity index (χ3v) is 4.06. The molecule has 4 heteroatoms. The van der Waals surface area contributed by atoms with Gasteiger partial charge in [0.15, 0.2) is 0 Å². The summed E-state index contributed by atoms with van der Waals surface area (Å²) in [4.78, 5) is 14.4. The Kier molecular flexibility index (Phi) is 6.07. The Morgan fingerprint density at radius 1 is 0.923 bits per heavy atom. The number of anilines is 1. The molecule has 3 nitrogen and oxygen atoms in total. The van der Waals surface area contributed by atoms with Crippen LogP contribution in [0.4, 0.5) is 10.5 Å². The number of benzene rings is 3. The molecule has 0 unspecified atom stereocenters. The molecular formula is C22H19ClN2O. The Morgan fingerprint density at radius 2 is 1.62 bits per heavy atom. The number of halogens is 1. The maximum Gasteiger partial charge on any atom is 0.326 e. The number of hydrogen-bond acceptors (Lipinski definition) is 1. The average Bonchev–Trinajstić information content (AvgIpc) is 2.67. The quantitative estimate of drug-likeness (QED) is 0.617. The van der Waals surface area contributed by atoms with Crippen LogP contribution in [0.25, 0.3) is 6.08 Å². The average molecular weight is 363 g/mol. The summed E-state index contributed by atoms with van der Waals surface area (Å²) in [6.45, 7) is 0.488. The molecule has 130 valence electrons. The summed E-state index contributed by atoms with van der Waals surface area (Å²) in [7, 11) is 0. The van der Waals surface area contributed by atoms with Crippen molar-refractivity contribution in [2.45, 2.75) is 6.54 Å². The van der Waals surface area contributed by atoms with E-state index >= 15 is 0 Å². The summed E-state index contributed by atoms with van der Waals surface area (Å²) >= 11 is 5.98. The molecule has 3 aromatic carbocycles. The monoisotopic (exact) mass is 362 g/mol. The first-order valence-corrected chi connectivity index (χ1v) is 8.69. The highest BCUT2D eigenvalue weighted by atomic mass is 35.5. The van der Waals surface area contributed by atoms with E-state index in [1.807, 2.05) is 91.0 Å². The summed E-state index contributed by atoms with van der Waals surface area (Å²) in [5, 5.41) is 3.49. The molecule has 0 atom stereocenters. The third kappa shape index (κ3) is 4.98. The molecule has 0 bridgehead atoms. The second-order valence-electron chi connectivity index (χ2n) is 5.75. The molecule has 0 fully saturated rings. The molecule has 0 aromatic heterocycles. The summed E-state index contributed by atoms with van der Waals surface area (Å²) in [5.41, 5.74) is 2.82. The van der Waals surface area contributed by atoms with Crippen molar-refractivity contribution in [3.05, 3.63) is 107 Å². The van der Waals surface area contributed by atoms with Crippen LogP contribution in [-0.4, -0.2) is 6.03 Å². The van der Waals surface area contributed by atoms with Crippen LogP contribution in [0.5, 0.6) is 0 Å². The number of nitrogens with zero attached hydrogens (tertiary/aromatic N) is 1. The lowest BCUT2D eigenvalue weighted by Crippen LogP contribution is -2.37. The molecule has 0 heterocycles. The van der Waals surface area contributed by atoms with Gasteiger partial charge in [-0.15, -0.1) is 0 Å². The lowest BCUT2D eigenvalue weighted by Gasteiger charge is -2.22. The molecule has 0 aliphatic rings. The fraction of sp³-hybridized carbons (Fsp3) is 0.0455. The van der Waals surface area contributed by atoms with Gasteiger partial charge in [0.2, 0.25) is 0 Å². The van der Waals surface area contributed by atoms with Crippen molar-refractivity contribution in [1.29, 1.82) is 0 Å². The molecule has 0 radical (unpaired) electrons. The van der Waals surface area contributed by atoms with Crippen LogP contribution in [0.3, 0.4) is 0 Å². The molecule has 3 aromatic rings. The van der Waals surface area contributed by atoms with E-state index in [1.165, 1.54) is 0 Å². The molecule has 2 amide bonds. The van der Waals surface area contributed by atoms with Crippen LogP contribution < -0.4 is 10.2 Å². The van der Waals surface area contributed by atoms with E-state index in [4.69, 9.17) is 11.6 Å². The molecule has 3 rings (SSSR count). The highest BCUT2D eigenvalue weighted by Gasteiger charge is 2.14. The summed E-state index contributed by atoms with van der Waals surface area (Å²) < 4.78 is 0. The summed E-state index contributed by atoms with van der Waals surface area (Å²) in [5.74, 6) is 0. The van der Waals surface area contributed by atoms with E-state index in [0.717, 1.165) is 16.8 Å². The van der Waals surface area contributed by atoms with Crippen LogP contribution in [0.2, 0.25) is 5.02 Å². The zero-order valence-electron chi connectivity index (χ0n) is 14.2. The second kappa shape index (κ2) is 8.88. The molecule has 0 spiro atoms. The van der Waals surface area contributed by atoms with Crippen molar-refractivity contribution in [3.63, 3.8) is 0 Å². The van der Waals surface area contributed by atoms with Crippen molar-refractivity contribution in [3.8, 4) is 0 Å². The van der Waals surface area contributed by atoms with Crippen molar-refractivity contribution < 1.29 is 4.79 Å².